The molecule has 1 saturated heterocycles. The van der Waals surface area contributed by atoms with Gasteiger partial charge in [-0.25, -0.2) is 4.39 Å². The van der Waals surface area contributed by atoms with E-state index in [1.165, 1.54) is 0 Å². The summed E-state index contributed by atoms with van der Waals surface area (Å²) >= 11 is 0. The molecule has 3 aromatic heterocycles. The largest absolute Gasteiger partial charge is 0.486 e. The number of aryl methyl sites for hydroxylation is 1. The van der Waals surface area contributed by atoms with Gasteiger partial charge < -0.3 is 14.2 Å². The molecule has 1 atom stereocenters. The highest BCUT2D eigenvalue weighted by Gasteiger charge is 2.29. The van der Waals surface area contributed by atoms with Crippen molar-refractivity contribution in [1.29, 1.82) is 0 Å². The standard InChI is InChI=1S/C29H29F2N5O2/c1-19-12-20(6-8-33-19)15-36(23-5-3-9-34(18-23)22-4-2-7-32-14-22)17-21-16-35-10-11-38-29-26(31)25(30)13-24(27(29)35)28(21)37/h2,4,6-8,12-14,16,23H,3,5,9-11,15,17-18H2,1H3. The molecule has 1 unspecified atom stereocenters. The Hall–Kier alpha value is -3.85. The third-order valence-corrected chi connectivity index (χ3v) is 7.51. The van der Waals surface area contributed by atoms with E-state index in [4.69, 9.17) is 4.74 Å². The minimum absolute atomic E-state index is 0.149. The number of anilines is 1. The second-order valence-electron chi connectivity index (χ2n) is 10.1. The summed E-state index contributed by atoms with van der Waals surface area (Å²) in [5.74, 6) is -2.30. The topological polar surface area (TPSA) is 63.5 Å². The van der Waals surface area contributed by atoms with Gasteiger partial charge in [0.25, 0.3) is 0 Å². The lowest BCUT2D eigenvalue weighted by Crippen LogP contribution is -2.48. The van der Waals surface area contributed by atoms with Gasteiger partial charge in [-0.15, -0.1) is 0 Å². The lowest BCUT2D eigenvalue weighted by Gasteiger charge is -2.40. The van der Waals surface area contributed by atoms with Gasteiger partial charge in [0.15, 0.2) is 17.0 Å². The van der Waals surface area contributed by atoms with E-state index in [1.54, 1.807) is 18.6 Å². The normalized spacial score (nSPS) is 17.2. The van der Waals surface area contributed by atoms with Crippen molar-refractivity contribution in [3.63, 3.8) is 0 Å². The number of hydrogen-bond acceptors (Lipinski definition) is 6. The summed E-state index contributed by atoms with van der Waals surface area (Å²) in [7, 11) is 0. The van der Waals surface area contributed by atoms with E-state index in [0.29, 0.717) is 30.7 Å². The Morgan fingerprint density at radius 3 is 2.87 bits per heavy atom. The first kappa shape index (κ1) is 24.5. The molecule has 0 saturated carbocycles. The van der Waals surface area contributed by atoms with Gasteiger partial charge in [0.1, 0.15) is 6.61 Å². The third kappa shape index (κ3) is 4.62. The molecule has 0 aliphatic carbocycles. The van der Waals surface area contributed by atoms with Crippen LogP contribution in [0.4, 0.5) is 14.5 Å². The molecule has 2 aliphatic rings. The molecule has 1 fully saturated rings. The monoisotopic (exact) mass is 517 g/mol. The number of hydrogen-bond donors (Lipinski definition) is 0. The third-order valence-electron chi connectivity index (χ3n) is 7.51. The molecule has 196 valence electrons. The number of ether oxygens (including phenoxy) is 1. The Labute approximate surface area is 219 Å². The Morgan fingerprint density at radius 1 is 1.16 bits per heavy atom. The van der Waals surface area contributed by atoms with E-state index in [-0.39, 0.29) is 29.2 Å². The minimum atomic E-state index is -1.07. The highest BCUT2D eigenvalue weighted by atomic mass is 19.2. The van der Waals surface area contributed by atoms with Gasteiger partial charge in [-0.05, 0) is 55.7 Å². The fourth-order valence-corrected chi connectivity index (χ4v) is 5.70. The minimum Gasteiger partial charge on any atom is -0.486 e. The molecule has 1 aromatic carbocycles. The molecule has 2 aliphatic heterocycles. The number of rotatable bonds is 6. The predicted molar refractivity (Wildman–Crippen MR) is 141 cm³/mol. The highest BCUT2D eigenvalue weighted by molar-refractivity contribution is 5.86. The molecule has 5 heterocycles. The van der Waals surface area contributed by atoms with Gasteiger partial charge in [-0.1, -0.05) is 0 Å². The van der Waals surface area contributed by atoms with Crippen molar-refractivity contribution in [1.82, 2.24) is 19.4 Å². The van der Waals surface area contributed by atoms with Crippen molar-refractivity contribution in [2.24, 2.45) is 0 Å². The van der Waals surface area contributed by atoms with Crippen LogP contribution >= 0.6 is 0 Å². The highest BCUT2D eigenvalue weighted by Crippen LogP contribution is 2.33. The average Bonchev–Trinajstić information content (AvgIpc) is 2.94. The number of piperidine rings is 1. The molecule has 38 heavy (non-hydrogen) atoms. The first-order valence-corrected chi connectivity index (χ1v) is 13.0. The lowest BCUT2D eigenvalue weighted by molar-refractivity contribution is 0.158. The molecule has 0 bridgehead atoms. The van der Waals surface area contributed by atoms with Crippen LogP contribution in [0.3, 0.4) is 0 Å². The summed E-state index contributed by atoms with van der Waals surface area (Å²) in [6.07, 6.45) is 9.25. The Bertz CT molecular complexity index is 1540. The van der Waals surface area contributed by atoms with Crippen LogP contribution in [-0.2, 0) is 19.6 Å². The maximum absolute atomic E-state index is 14.4. The first-order chi connectivity index (χ1) is 18.5. The van der Waals surface area contributed by atoms with Crippen molar-refractivity contribution >= 4 is 16.6 Å². The zero-order valence-electron chi connectivity index (χ0n) is 21.2. The van der Waals surface area contributed by atoms with E-state index in [1.807, 2.05) is 29.8 Å². The first-order valence-electron chi connectivity index (χ1n) is 13.0. The maximum atomic E-state index is 14.4. The van der Waals surface area contributed by atoms with Gasteiger partial charge in [-0.2, -0.15) is 4.39 Å². The van der Waals surface area contributed by atoms with Crippen molar-refractivity contribution in [3.8, 4) is 5.75 Å². The SMILES string of the molecule is Cc1cc(CN(Cc2cn3c4c(c(F)c(F)cc4c2=O)OCC3)C2CCCN(c3cccnc3)C2)ccn1. The zero-order valence-corrected chi connectivity index (χ0v) is 21.2. The Kier molecular flexibility index (Phi) is 6.53. The smallest absolute Gasteiger partial charge is 0.202 e. The van der Waals surface area contributed by atoms with Crippen molar-refractivity contribution in [2.75, 3.05) is 24.6 Å². The molecule has 0 N–H and O–H groups in total. The van der Waals surface area contributed by atoms with Gasteiger partial charge >= 0.3 is 0 Å². The molecular weight excluding hydrogens is 488 g/mol. The van der Waals surface area contributed by atoms with Crippen LogP contribution in [0.25, 0.3) is 10.9 Å². The van der Waals surface area contributed by atoms with Gasteiger partial charge in [0.2, 0.25) is 5.82 Å². The zero-order chi connectivity index (χ0) is 26.2. The van der Waals surface area contributed by atoms with E-state index < -0.39 is 11.6 Å². The predicted octanol–water partition coefficient (Wildman–Crippen LogP) is 4.44. The fraction of sp³-hybridized carbons (Fsp3) is 0.345. The van der Waals surface area contributed by atoms with E-state index in [2.05, 4.69) is 31.9 Å². The number of halogens is 2. The molecular formula is C29H29F2N5O2. The summed E-state index contributed by atoms with van der Waals surface area (Å²) in [4.78, 5) is 26.9. The molecule has 0 radical (unpaired) electrons. The van der Waals surface area contributed by atoms with Crippen molar-refractivity contribution in [3.05, 3.63) is 93.8 Å². The molecule has 4 aromatic rings. The van der Waals surface area contributed by atoms with E-state index in [9.17, 15) is 13.6 Å². The van der Waals surface area contributed by atoms with Crippen LogP contribution in [0.2, 0.25) is 0 Å². The second-order valence-corrected chi connectivity index (χ2v) is 10.1. The fourth-order valence-electron chi connectivity index (χ4n) is 5.70. The summed E-state index contributed by atoms with van der Waals surface area (Å²) in [5, 5.41) is 0.149. The van der Waals surface area contributed by atoms with Crippen LogP contribution in [0.1, 0.15) is 29.7 Å². The molecule has 0 spiro atoms. The Balaban J connectivity index is 1.38. The number of pyridine rings is 3. The van der Waals surface area contributed by atoms with E-state index in [0.717, 1.165) is 48.9 Å². The van der Waals surface area contributed by atoms with E-state index >= 15 is 0 Å². The van der Waals surface area contributed by atoms with Crippen LogP contribution in [-0.4, -0.2) is 45.2 Å². The van der Waals surface area contributed by atoms with Crippen molar-refractivity contribution in [2.45, 2.75) is 45.4 Å². The quantitative estimate of drug-likeness (QED) is 0.377. The summed E-state index contributed by atoms with van der Waals surface area (Å²) < 4.78 is 36.1. The average molecular weight is 518 g/mol. The van der Waals surface area contributed by atoms with Gasteiger partial charge in [-0.3, -0.25) is 19.7 Å². The van der Waals surface area contributed by atoms with Crippen LogP contribution in [0.5, 0.6) is 5.75 Å². The second kappa shape index (κ2) is 10.1. The number of benzene rings is 1. The molecule has 6 rings (SSSR count). The number of aromatic nitrogens is 3. The van der Waals surface area contributed by atoms with Gasteiger partial charge in [0.05, 0.1) is 29.3 Å². The summed E-state index contributed by atoms with van der Waals surface area (Å²) in [6.45, 7) is 5.41. The summed E-state index contributed by atoms with van der Waals surface area (Å²) in [5.41, 5.74) is 3.71. The maximum Gasteiger partial charge on any atom is 0.202 e. The van der Waals surface area contributed by atoms with Crippen LogP contribution < -0.4 is 15.1 Å². The summed E-state index contributed by atoms with van der Waals surface area (Å²) in [6, 6.07) is 9.26. The lowest BCUT2D eigenvalue weighted by atomic mass is 10.0. The molecule has 0 amide bonds. The van der Waals surface area contributed by atoms with Crippen LogP contribution in [0, 0.1) is 18.6 Å². The molecule has 9 heteroatoms. The Morgan fingerprint density at radius 2 is 2.05 bits per heavy atom. The molecule has 7 nitrogen and oxygen atoms in total. The number of nitrogens with zero attached hydrogens (tertiary/aromatic N) is 5. The van der Waals surface area contributed by atoms with Crippen LogP contribution in [0.15, 0.2) is 59.9 Å². The van der Waals surface area contributed by atoms with Gasteiger partial charge in [0, 0.05) is 62.1 Å². The van der Waals surface area contributed by atoms with Crippen molar-refractivity contribution < 1.29 is 13.5 Å².